The Bertz CT molecular complexity index is 679. The van der Waals surface area contributed by atoms with Crippen molar-refractivity contribution in [3.8, 4) is 0 Å². The van der Waals surface area contributed by atoms with E-state index in [2.05, 4.69) is 16.8 Å². The first-order valence-electron chi connectivity index (χ1n) is 9.50. The number of quaternary nitrogens is 2. The fourth-order valence-electron chi connectivity index (χ4n) is 4.34. The van der Waals surface area contributed by atoms with Gasteiger partial charge in [-0.2, -0.15) is 11.3 Å². The summed E-state index contributed by atoms with van der Waals surface area (Å²) in [4.78, 5) is 42.4. The van der Waals surface area contributed by atoms with E-state index in [9.17, 15) is 14.4 Å². The van der Waals surface area contributed by atoms with E-state index in [0.29, 0.717) is 6.67 Å². The van der Waals surface area contributed by atoms with Crippen molar-refractivity contribution in [2.24, 2.45) is 0 Å². The normalized spacial score (nSPS) is 27.8. The minimum Gasteiger partial charge on any atom is -0.322 e. The SMILES string of the molecule is O=C1C(=O)N(C2CCCC2)C(=O)N1C[NH+]1CC[NH+](Cc2ccsc2)CC1. The summed E-state index contributed by atoms with van der Waals surface area (Å²) in [6.45, 7) is 5.20. The maximum atomic E-state index is 12.7. The first-order chi connectivity index (χ1) is 12.6. The van der Waals surface area contributed by atoms with Crippen LogP contribution in [0.15, 0.2) is 16.8 Å². The van der Waals surface area contributed by atoms with Gasteiger partial charge in [0.1, 0.15) is 32.7 Å². The average Bonchev–Trinajstić information content (AvgIpc) is 3.37. The molecule has 3 heterocycles. The van der Waals surface area contributed by atoms with Crippen LogP contribution >= 0.6 is 11.3 Å². The van der Waals surface area contributed by atoms with E-state index in [1.165, 1.54) is 25.2 Å². The van der Waals surface area contributed by atoms with Gasteiger partial charge < -0.3 is 9.80 Å². The summed E-state index contributed by atoms with van der Waals surface area (Å²) in [6.07, 6.45) is 3.71. The summed E-state index contributed by atoms with van der Waals surface area (Å²) >= 11 is 1.72. The van der Waals surface area contributed by atoms with Crippen LogP contribution in [0, 0.1) is 0 Å². The molecule has 8 heteroatoms. The second-order valence-electron chi connectivity index (χ2n) is 7.60. The maximum absolute atomic E-state index is 12.7. The Hall–Kier alpha value is -1.77. The van der Waals surface area contributed by atoms with Gasteiger partial charge in [-0.05, 0) is 29.7 Å². The molecule has 0 unspecified atom stereocenters. The Kier molecular flexibility index (Phi) is 5.06. The quantitative estimate of drug-likeness (QED) is 0.496. The van der Waals surface area contributed by atoms with E-state index in [0.717, 1.165) is 58.4 Å². The van der Waals surface area contributed by atoms with Gasteiger partial charge in [0.2, 0.25) is 0 Å². The number of nitrogens with zero attached hydrogens (tertiary/aromatic N) is 2. The number of rotatable bonds is 5. The van der Waals surface area contributed by atoms with Crippen LogP contribution < -0.4 is 9.80 Å². The molecule has 0 spiro atoms. The van der Waals surface area contributed by atoms with Crippen LogP contribution in [0.25, 0.3) is 0 Å². The minimum absolute atomic E-state index is 0.0779. The number of imide groups is 2. The topological polar surface area (TPSA) is 66.6 Å². The van der Waals surface area contributed by atoms with E-state index in [1.54, 1.807) is 11.3 Å². The van der Waals surface area contributed by atoms with Gasteiger partial charge in [0.15, 0.2) is 6.67 Å². The van der Waals surface area contributed by atoms with Crippen LogP contribution in [0.2, 0.25) is 0 Å². The highest BCUT2D eigenvalue weighted by Gasteiger charge is 2.49. The molecule has 2 aliphatic heterocycles. The molecule has 0 bridgehead atoms. The van der Waals surface area contributed by atoms with Gasteiger partial charge in [0.05, 0.1) is 0 Å². The van der Waals surface area contributed by atoms with E-state index in [4.69, 9.17) is 0 Å². The summed E-state index contributed by atoms with van der Waals surface area (Å²) in [6, 6.07) is 1.69. The number of piperazine rings is 1. The Balaban J connectivity index is 1.32. The molecular formula is C18H26N4O3S+2. The van der Waals surface area contributed by atoms with Gasteiger partial charge in [-0.15, -0.1) is 0 Å². The van der Waals surface area contributed by atoms with Crippen LogP contribution in [0.4, 0.5) is 4.79 Å². The lowest BCUT2D eigenvalue weighted by Gasteiger charge is -2.31. The highest BCUT2D eigenvalue weighted by Crippen LogP contribution is 2.27. The zero-order chi connectivity index (χ0) is 18.1. The zero-order valence-corrected chi connectivity index (χ0v) is 15.7. The molecule has 1 saturated carbocycles. The zero-order valence-electron chi connectivity index (χ0n) is 14.9. The molecule has 0 radical (unpaired) electrons. The number of carbonyl (C=O) groups is 3. The third kappa shape index (κ3) is 3.41. The molecule has 26 heavy (non-hydrogen) atoms. The first-order valence-corrected chi connectivity index (χ1v) is 10.4. The predicted octanol–water partition coefficient (Wildman–Crippen LogP) is -1.28. The summed E-state index contributed by atoms with van der Waals surface area (Å²) in [5.41, 5.74) is 1.37. The van der Waals surface area contributed by atoms with E-state index in [-0.39, 0.29) is 6.04 Å². The van der Waals surface area contributed by atoms with Gasteiger partial charge in [-0.3, -0.25) is 14.5 Å². The molecular weight excluding hydrogens is 352 g/mol. The number of nitrogens with one attached hydrogen (secondary N) is 2. The minimum atomic E-state index is -0.637. The maximum Gasteiger partial charge on any atom is 0.338 e. The van der Waals surface area contributed by atoms with Gasteiger partial charge in [-0.1, -0.05) is 12.8 Å². The van der Waals surface area contributed by atoms with Crippen molar-refractivity contribution in [2.45, 2.75) is 38.3 Å². The molecule has 1 aromatic heterocycles. The van der Waals surface area contributed by atoms with Crippen molar-refractivity contribution in [3.05, 3.63) is 22.4 Å². The summed E-state index contributed by atoms with van der Waals surface area (Å²) < 4.78 is 0. The third-order valence-corrected chi connectivity index (χ3v) is 6.59. The molecule has 0 atom stereocenters. The average molecular weight is 378 g/mol. The van der Waals surface area contributed by atoms with E-state index >= 15 is 0 Å². The number of carbonyl (C=O) groups excluding carboxylic acids is 3. The first kappa shape index (κ1) is 17.6. The smallest absolute Gasteiger partial charge is 0.322 e. The number of hydrogen-bond donors (Lipinski definition) is 2. The molecule has 1 aliphatic carbocycles. The van der Waals surface area contributed by atoms with Crippen LogP contribution in [0.3, 0.4) is 0 Å². The van der Waals surface area contributed by atoms with Crippen molar-refractivity contribution in [3.63, 3.8) is 0 Å². The van der Waals surface area contributed by atoms with Crippen LogP contribution in [-0.2, 0) is 16.1 Å². The van der Waals surface area contributed by atoms with Gasteiger partial charge >= 0.3 is 17.8 Å². The highest BCUT2D eigenvalue weighted by molar-refractivity contribution is 7.07. The second-order valence-corrected chi connectivity index (χ2v) is 8.38. The number of amides is 4. The molecule has 1 aromatic rings. The third-order valence-electron chi connectivity index (χ3n) is 5.85. The van der Waals surface area contributed by atoms with Gasteiger partial charge in [-0.25, -0.2) is 9.69 Å². The largest absolute Gasteiger partial charge is 0.338 e. The fourth-order valence-corrected chi connectivity index (χ4v) is 5.01. The Labute approximate surface area is 157 Å². The van der Waals surface area contributed by atoms with Crippen molar-refractivity contribution in [1.82, 2.24) is 9.80 Å². The molecule has 3 fully saturated rings. The van der Waals surface area contributed by atoms with Crippen molar-refractivity contribution in [2.75, 3.05) is 32.8 Å². The summed E-state index contributed by atoms with van der Waals surface area (Å²) in [5, 5.41) is 4.30. The molecule has 3 aliphatic rings. The molecule has 4 rings (SSSR count). The molecule has 2 saturated heterocycles. The van der Waals surface area contributed by atoms with Gasteiger partial charge in [0.25, 0.3) is 0 Å². The van der Waals surface area contributed by atoms with Crippen molar-refractivity contribution in [1.29, 1.82) is 0 Å². The van der Waals surface area contributed by atoms with Crippen LogP contribution in [-0.4, -0.2) is 66.5 Å². The molecule has 0 aromatic carbocycles. The van der Waals surface area contributed by atoms with Crippen molar-refractivity contribution >= 4 is 29.2 Å². The Morgan fingerprint density at radius 1 is 1.00 bits per heavy atom. The molecule has 140 valence electrons. The monoisotopic (exact) mass is 378 g/mol. The van der Waals surface area contributed by atoms with Crippen molar-refractivity contribution < 1.29 is 24.2 Å². The number of hydrogen-bond acceptors (Lipinski definition) is 4. The van der Waals surface area contributed by atoms with Crippen LogP contribution in [0.1, 0.15) is 31.2 Å². The summed E-state index contributed by atoms with van der Waals surface area (Å²) in [7, 11) is 0. The lowest BCUT2D eigenvalue weighted by molar-refractivity contribution is -1.02. The standard InChI is InChI=1S/C18H24N4O3S/c23-16-17(24)22(15-3-1-2-4-15)18(25)21(16)13-20-8-6-19(7-9-20)11-14-5-10-26-12-14/h5,10,12,15H,1-4,6-9,11,13H2/p+2. The highest BCUT2D eigenvalue weighted by atomic mass is 32.1. The fraction of sp³-hybridized carbons (Fsp3) is 0.611. The predicted molar refractivity (Wildman–Crippen MR) is 95.6 cm³/mol. The number of urea groups is 1. The number of thiophene rings is 1. The molecule has 7 nitrogen and oxygen atoms in total. The Morgan fingerprint density at radius 2 is 1.69 bits per heavy atom. The lowest BCUT2D eigenvalue weighted by Crippen LogP contribution is -3.28. The summed E-state index contributed by atoms with van der Waals surface area (Å²) in [5.74, 6) is -1.26. The van der Waals surface area contributed by atoms with Crippen LogP contribution in [0.5, 0.6) is 0 Å². The Morgan fingerprint density at radius 3 is 2.35 bits per heavy atom. The van der Waals surface area contributed by atoms with Gasteiger partial charge in [0, 0.05) is 11.6 Å². The second kappa shape index (κ2) is 7.46. The lowest BCUT2D eigenvalue weighted by atomic mass is 10.2. The van der Waals surface area contributed by atoms with E-state index in [1.807, 2.05) is 0 Å². The molecule has 2 N–H and O–H groups in total. The molecule has 4 amide bonds. The van der Waals surface area contributed by atoms with E-state index < -0.39 is 17.8 Å².